The Morgan fingerprint density at radius 2 is 1.81 bits per heavy atom. The van der Waals surface area contributed by atoms with Gasteiger partial charge in [-0.15, -0.1) is 0 Å². The van der Waals surface area contributed by atoms with E-state index in [-0.39, 0.29) is 24.0 Å². The molecule has 2 aliphatic heterocycles. The largest absolute Gasteiger partial charge is 0.490 e. The summed E-state index contributed by atoms with van der Waals surface area (Å²) >= 11 is 1.39. The van der Waals surface area contributed by atoms with Crippen molar-refractivity contribution in [3.63, 3.8) is 0 Å². The summed E-state index contributed by atoms with van der Waals surface area (Å²) < 4.78 is 34.8. The van der Waals surface area contributed by atoms with E-state index in [1.807, 2.05) is 71.9 Å². The molecule has 0 fully saturated rings. The van der Waals surface area contributed by atoms with Crippen LogP contribution in [0.3, 0.4) is 0 Å². The topological polar surface area (TPSA) is 50.7 Å². The van der Waals surface area contributed by atoms with Gasteiger partial charge in [0.05, 0.1) is 0 Å². The van der Waals surface area contributed by atoms with E-state index in [0.717, 1.165) is 11.6 Å². The number of carbonyl (C=O) groups is 1. The van der Waals surface area contributed by atoms with Crippen molar-refractivity contribution in [1.29, 1.82) is 0 Å². The van der Waals surface area contributed by atoms with Crippen LogP contribution in [0.2, 0.25) is 0 Å². The molecule has 0 radical (unpaired) electrons. The number of fused-ring (bicyclic) bond motifs is 1. The summed E-state index contributed by atoms with van der Waals surface area (Å²) in [5, 5.41) is 3.22. The molecule has 2 aromatic carbocycles. The number of benzene rings is 2. The molecule has 0 saturated carbocycles. The van der Waals surface area contributed by atoms with Gasteiger partial charge in [0.1, 0.15) is 29.5 Å². The van der Waals surface area contributed by atoms with E-state index in [2.05, 4.69) is 5.32 Å². The van der Waals surface area contributed by atoms with Gasteiger partial charge in [-0.25, -0.2) is 13.8 Å². The molecule has 0 saturated heterocycles. The first-order valence-corrected chi connectivity index (χ1v) is 13.6. The molecule has 7 heteroatoms. The highest BCUT2D eigenvalue weighted by Gasteiger charge is 2.48. The minimum atomic E-state index is -1.12. The normalized spacial score (nSPS) is 20.6. The second kappa shape index (κ2) is 14.5. The van der Waals surface area contributed by atoms with Crippen LogP contribution in [0.25, 0.3) is 0 Å². The lowest BCUT2D eigenvalue weighted by Crippen LogP contribution is -2.47. The number of nitrogens with one attached hydrogen (secondary N) is 1. The predicted molar refractivity (Wildman–Crippen MR) is 151 cm³/mol. The maximum Gasteiger partial charge on any atom is 0.257 e. The second-order valence-corrected chi connectivity index (χ2v) is 8.78. The lowest BCUT2D eigenvalue weighted by Gasteiger charge is -2.43. The molecule has 0 spiro atoms. The Labute approximate surface area is 223 Å². The van der Waals surface area contributed by atoms with Crippen LogP contribution in [0.1, 0.15) is 57.5 Å². The van der Waals surface area contributed by atoms with Crippen LogP contribution >= 0.6 is 11.8 Å². The van der Waals surface area contributed by atoms with E-state index in [4.69, 9.17) is 9.73 Å². The van der Waals surface area contributed by atoms with E-state index >= 15 is 0 Å². The third-order valence-electron chi connectivity index (χ3n) is 5.71. The number of ether oxygens (including phenoxy) is 1. The third kappa shape index (κ3) is 6.98. The van der Waals surface area contributed by atoms with Crippen LogP contribution in [0.5, 0.6) is 0 Å². The Morgan fingerprint density at radius 1 is 1.11 bits per heavy atom. The molecular weight excluding hydrogens is 490 g/mol. The first-order chi connectivity index (χ1) is 18.0. The number of thioether (sulfide) groups is 1. The first kappa shape index (κ1) is 30.0. The molecule has 2 heterocycles. The van der Waals surface area contributed by atoms with Crippen molar-refractivity contribution < 1.29 is 18.3 Å². The van der Waals surface area contributed by atoms with Crippen LogP contribution in [0.4, 0.5) is 8.78 Å². The number of carbonyl (C=O) groups excluding carboxylic acids is 1. The Bertz CT molecular complexity index is 1180. The molecule has 4 nitrogen and oxygen atoms in total. The van der Waals surface area contributed by atoms with Crippen molar-refractivity contribution >= 4 is 22.8 Å². The number of hydrogen-bond acceptors (Lipinski definition) is 4. The van der Waals surface area contributed by atoms with Crippen molar-refractivity contribution in [3.05, 3.63) is 107 Å². The molecule has 0 aromatic heterocycles. The molecule has 37 heavy (non-hydrogen) atoms. The molecule has 2 atom stereocenters. The van der Waals surface area contributed by atoms with Gasteiger partial charge in [0.2, 0.25) is 0 Å². The average molecular weight is 527 g/mol. The van der Waals surface area contributed by atoms with Crippen molar-refractivity contribution in [2.24, 2.45) is 10.9 Å². The minimum Gasteiger partial charge on any atom is -0.490 e. The highest BCUT2D eigenvalue weighted by atomic mass is 32.2. The molecule has 1 amide bonds. The lowest BCUT2D eigenvalue weighted by atomic mass is 9.77. The molecule has 2 aromatic rings. The van der Waals surface area contributed by atoms with E-state index in [9.17, 15) is 13.6 Å². The fourth-order valence-electron chi connectivity index (χ4n) is 4.03. The molecule has 1 N–H and O–H groups in total. The second-order valence-electron chi connectivity index (χ2n) is 7.77. The summed E-state index contributed by atoms with van der Waals surface area (Å²) in [6.45, 7) is 11.9. The molecular formula is C30H36F2N2O2S. The fourth-order valence-corrected chi connectivity index (χ4v) is 5.13. The number of amides is 1. The molecule has 0 aliphatic carbocycles. The maximum absolute atomic E-state index is 15.0. The SMILES string of the molecule is C/C=C\C(=C/C)C1=CC2CSC(NC(=O)c3ccccc3)=NC2(c2ccc(F)cc2F)CO1.CC.CC. The van der Waals surface area contributed by atoms with E-state index in [0.29, 0.717) is 22.2 Å². The summed E-state index contributed by atoms with van der Waals surface area (Å²) in [6.07, 6.45) is 7.77. The Morgan fingerprint density at radius 3 is 2.43 bits per heavy atom. The lowest BCUT2D eigenvalue weighted by molar-refractivity contribution is 0.0962. The first-order valence-electron chi connectivity index (χ1n) is 12.7. The van der Waals surface area contributed by atoms with Gasteiger partial charge in [-0.3, -0.25) is 4.79 Å². The van der Waals surface area contributed by atoms with Gasteiger partial charge < -0.3 is 10.1 Å². The van der Waals surface area contributed by atoms with Gasteiger partial charge in [0, 0.05) is 34.4 Å². The maximum atomic E-state index is 15.0. The molecule has 2 unspecified atom stereocenters. The van der Waals surface area contributed by atoms with Crippen LogP contribution in [0, 0.1) is 17.6 Å². The third-order valence-corrected chi connectivity index (χ3v) is 6.70. The number of nitrogens with zero attached hydrogens (tertiary/aromatic N) is 1. The molecule has 4 rings (SSSR count). The highest BCUT2D eigenvalue weighted by molar-refractivity contribution is 8.13. The van der Waals surface area contributed by atoms with Crippen molar-refractivity contribution in [2.75, 3.05) is 12.4 Å². The van der Waals surface area contributed by atoms with Crippen LogP contribution < -0.4 is 5.32 Å². The average Bonchev–Trinajstić information content (AvgIpc) is 2.94. The number of halogens is 2. The van der Waals surface area contributed by atoms with Crippen molar-refractivity contribution in [1.82, 2.24) is 5.32 Å². The number of aliphatic imine (C=N–C) groups is 1. The summed E-state index contributed by atoms with van der Waals surface area (Å²) in [7, 11) is 0. The number of allylic oxidation sites excluding steroid dienone is 3. The van der Waals surface area contributed by atoms with Crippen LogP contribution in [0.15, 0.2) is 89.2 Å². The van der Waals surface area contributed by atoms with Gasteiger partial charge in [-0.2, -0.15) is 0 Å². The molecule has 198 valence electrons. The standard InChI is InChI=1S/C26H24F2N2O2S.2C2H6/c1-3-8-17(4-2)23-13-19-15-33-25(29-24(31)18-9-6-5-7-10-18)30-26(19,16-32-23)21-12-11-20(27)14-22(21)28;2*1-2/h3-14,19H,15-16H2,1-2H3,(H,29,30,31);2*1-2H3/b8-3-,17-4+;;. The Balaban J connectivity index is 0.00000115. The quantitative estimate of drug-likeness (QED) is 0.414. The minimum absolute atomic E-state index is 0.0617. The Hall–Kier alpha value is -3.19. The summed E-state index contributed by atoms with van der Waals surface area (Å²) in [5.74, 6) is -0.620. The monoisotopic (exact) mass is 526 g/mol. The van der Waals surface area contributed by atoms with Crippen molar-refractivity contribution in [2.45, 2.75) is 47.1 Å². The predicted octanol–water partition coefficient (Wildman–Crippen LogP) is 7.80. The zero-order valence-corrected chi connectivity index (χ0v) is 23.2. The number of rotatable bonds is 4. The Kier molecular flexibility index (Phi) is 11.8. The molecule has 0 bridgehead atoms. The summed E-state index contributed by atoms with van der Waals surface area (Å²) in [5.41, 5.74) is 0.531. The number of hydrogen-bond donors (Lipinski definition) is 1. The van der Waals surface area contributed by atoms with Crippen LogP contribution in [-0.4, -0.2) is 23.4 Å². The van der Waals surface area contributed by atoms with E-state index in [1.54, 1.807) is 24.3 Å². The van der Waals surface area contributed by atoms with E-state index in [1.165, 1.54) is 23.9 Å². The zero-order valence-electron chi connectivity index (χ0n) is 22.3. The van der Waals surface area contributed by atoms with E-state index < -0.39 is 17.2 Å². The van der Waals surface area contributed by atoms with Gasteiger partial charge in [0.15, 0.2) is 5.17 Å². The van der Waals surface area contributed by atoms with Gasteiger partial charge in [-0.1, -0.05) is 82.0 Å². The van der Waals surface area contributed by atoms with Gasteiger partial charge >= 0.3 is 0 Å². The number of amidine groups is 1. The van der Waals surface area contributed by atoms with Crippen molar-refractivity contribution in [3.8, 4) is 0 Å². The van der Waals surface area contributed by atoms with Gasteiger partial charge in [-0.05, 0) is 38.1 Å². The zero-order chi connectivity index (χ0) is 27.4. The highest BCUT2D eigenvalue weighted by Crippen LogP contribution is 2.46. The molecule has 2 aliphatic rings. The fraction of sp³-hybridized carbons (Fsp3) is 0.333. The summed E-state index contributed by atoms with van der Waals surface area (Å²) in [4.78, 5) is 17.5. The van der Waals surface area contributed by atoms with Crippen LogP contribution in [-0.2, 0) is 10.3 Å². The summed E-state index contributed by atoms with van der Waals surface area (Å²) in [6, 6.07) is 12.3. The smallest absolute Gasteiger partial charge is 0.257 e. The van der Waals surface area contributed by atoms with Gasteiger partial charge in [0.25, 0.3) is 5.91 Å².